The molecule has 1 aliphatic rings. The van der Waals surface area contributed by atoms with Crippen LogP contribution in [0, 0.1) is 18.6 Å². The molecule has 1 fully saturated rings. The zero-order valence-corrected chi connectivity index (χ0v) is 14.2. The SMILES string of the molecule is Cc1ccc(NC(=O)c2ccc(F)c(S(=O)(=O)NC3CC3)c2)cc1F. The Labute approximate surface area is 144 Å². The van der Waals surface area contributed by atoms with Crippen molar-refractivity contribution >= 4 is 21.6 Å². The Hall–Kier alpha value is -2.32. The zero-order chi connectivity index (χ0) is 18.2. The molecule has 1 aliphatic carbocycles. The molecule has 132 valence electrons. The normalized spacial score (nSPS) is 14.4. The van der Waals surface area contributed by atoms with E-state index in [1.807, 2.05) is 0 Å². The third kappa shape index (κ3) is 4.02. The predicted molar refractivity (Wildman–Crippen MR) is 88.8 cm³/mol. The molecule has 0 aromatic heterocycles. The second-order valence-electron chi connectivity index (χ2n) is 5.96. The summed E-state index contributed by atoms with van der Waals surface area (Å²) in [4.78, 5) is 11.7. The lowest BCUT2D eigenvalue weighted by Gasteiger charge is -2.10. The van der Waals surface area contributed by atoms with Crippen molar-refractivity contribution in [2.24, 2.45) is 0 Å². The maximum Gasteiger partial charge on any atom is 0.255 e. The molecule has 3 rings (SSSR count). The number of halogens is 2. The minimum Gasteiger partial charge on any atom is -0.322 e. The van der Waals surface area contributed by atoms with Crippen molar-refractivity contribution in [1.82, 2.24) is 4.72 Å². The van der Waals surface area contributed by atoms with Gasteiger partial charge in [0.2, 0.25) is 10.0 Å². The molecule has 0 bridgehead atoms. The Bertz CT molecular complexity index is 941. The van der Waals surface area contributed by atoms with Crippen molar-refractivity contribution in [3.05, 3.63) is 59.2 Å². The van der Waals surface area contributed by atoms with E-state index in [0.717, 1.165) is 18.2 Å². The maximum atomic E-state index is 13.9. The van der Waals surface area contributed by atoms with E-state index in [9.17, 15) is 22.0 Å². The highest BCUT2D eigenvalue weighted by Gasteiger charge is 2.30. The molecule has 1 amide bonds. The third-order valence-corrected chi connectivity index (χ3v) is 5.35. The van der Waals surface area contributed by atoms with Crippen molar-refractivity contribution < 1.29 is 22.0 Å². The van der Waals surface area contributed by atoms with Crippen LogP contribution in [0.5, 0.6) is 0 Å². The summed E-state index contributed by atoms with van der Waals surface area (Å²) in [5.41, 5.74) is 0.607. The highest BCUT2D eigenvalue weighted by Crippen LogP contribution is 2.24. The lowest BCUT2D eigenvalue weighted by atomic mass is 10.2. The first-order chi connectivity index (χ1) is 11.8. The van der Waals surface area contributed by atoms with Gasteiger partial charge in [-0.05, 0) is 55.7 Å². The molecule has 5 nitrogen and oxygen atoms in total. The summed E-state index contributed by atoms with van der Waals surface area (Å²) in [5.74, 6) is -2.08. The number of aryl methyl sites for hydroxylation is 1. The molecule has 0 radical (unpaired) electrons. The number of carbonyl (C=O) groups is 1. The molecule has 25 heavy (non-hydrogen) atoms. The lowest BCUT2D eigenvalue weighted by molar-refractivity contribution is 0.102. The van der Waals surface area contributed by atoms with Crippen LogP contribution in [0.15, 0.2) is 41.3 Å². The van der Waals surface area contributed by atoms with Crippen LogP contribution in [0.25, 0.3) is 0 Å². The van der Waals surface area contributed by atoms with E-state index in [-0.39, 0.29) is 17.3 Å². The summed E-state index contributed by atoms with van der Waals surface area (Å²) in [5, 5.41) is 2.46. The Morgan fingerprint density at radius 2 is 1.80 bits per heavy atom. The van der Waals surface area contributed by atoms with Crippen LogP contribution in [-0.4, -0.2) is 20.4 Å². The molecule has 2 aromatic carbocycles. The maximum absolute atomic E-state index is 13.9. The zero-order valence-electron chi connectivity index (χ0n) is 13.3. The topological polar surface area (TPSA) is 75.3 Å². The van der Waals surface area contributed by atoms with Crippen LogP contribution < -0.4 is 10.0 Å². The molecule has 0 saturated heterocycles. The minimum absolute atomic E-state index is 0.0430. The minimum atomic E-state index is -4.03. The number of anilines is 1. The van der Waals surface area contributed by atoms with E-state index in [2.05, 4.69) is 10.0 Å². The van der Waals surface area contributed by atoms with E-state index in [0.29, 0.717) is 18.4 Å². The first-order valence-corrected chi connectivity index (χ1v) is 9.14. The monoisotopic (exact) mass is 366 g/mol. The lowest BCUT2D eigenvalue weighted by Crippen LogP contribution is -2.27. The molecule has 1 saturated carbocycles. The van der Waals surface area contributed by atoms with Gasteiger partial charge in [0.25, 0.3) is 5.91 Å². The van der Waals surface area contributed by atoms with Gasteiger partial charge in [-0.1, -0.05) is 6.07 Å². The summed E-state index contributed by atoms with van der Waals surface area (Å²) in [6.45, 7) is 1.59. The first kappa shape index (κ1) is 17.5. The Kier molecular flexibility index (Phi) is 4.57. The number of hydrogen-bond acceptors (Lipinski definition) is 3. The average Bonchev–Trinajstić information content (AvgIpc) is 3.34. The van der Waals surface area contributed by atoms with Gasteiger partial charge < -0.3 is 5.32 Å². The standard InChI is InChI=1S/C17H16F2N2O3S/c1-10-2-4-13(9-15(10)19)20-17(22)11-3-7-14(18)16(8-11)25(23,24)21-12-5-6-12/h2-4,7-9,12,21H,5-6H2,1H3,(H,20,22). The Morgan fingerprint density at radius 3 is 2.44 bits per heavy atom. The van der Waals surface area contributed by atoms with Crippen LogP contribution >= 0.6 is 0 Å². The molecule has 0 heterocycles. The van der Waals surface area contributed by atoms with E-state index < -0.39 is 32.5 Å². The molecular weight excluding hydrogens is 350 g/mol. The van der Waals surface area contributed by atoms with Crippen LogP contribution in [0.2, 0.25) is 0 Å². The van der Waals surface area contributed by atoms with E-state index in [4.69, 9.17) is 0 Å². The molecule has 0 spiro atoms. The van der Waals surface area contributed by atoms with Crippen LogP contribution in [0.3, 0.4) is 0 Å². The van der Waals surface area contributed by atoms with Crippen LogP contribution in [-0.2, 0) is 10.0 Å². The van der Waals surface area contributed by atoms with E-state index in [1.165, 1.54) is 18.2 Å². The summed E-state index contributed by atoms with van der Waals surface area (Å²) >= 11 is 0. The average molecular weight is 366 g/mol. The molecule has 0 unspecified atom stereocenters. The van der Waals surface area contributed by atoms with Gasteiger partial charge in [0.1, 0.15) is 16.5 Å². The fourth-order valence-electron chi connectivity index (χ4n) is 2.21. The van der Waals surface area contributed by atoms with Gasteiger partial charge in [-0.25, -0.2) is 21.9 Å². The van der Waals surface area contributed by atoms with Gasteiger partial charge in [0, 0.05) is 17.3 Å². The van der Waals surface area contributed by atoms with Crippen molar-refractivity contribution in [1.29, 1.82) is 0 Å². The number of hydrogen-bond donors (Lipinski definition) is 2. The van der Waals surface area contributed by atoms with Crippen LogP contribution in [0.1, 0.15) is 28.8 Å². The third-order valence-electron chi connectivity index (χ3n) is 3.81. The number of carbonyl (C=O) groups excluding carboxylic acids is 1. The smallest absolute Gasteiger partial charge is 0.255 e. The largest absolute Gasteiger partial charge is 0.322 e. The molecule has 8 heteroatoms. The quantitative estimate of drug-likeness (QED) is 0.854. The highest BCUT2D eigenvalue weighted by atomic mass is 32.2. The van der Waals surface area contributed by atoms with E-state index in [1.54, 1.807) is 6.92 Å². The van der Waals surface area contributed by atoms with Crippen molar-refractivity contribution in [2.75, 3.05) is 5.32 Å². The fraction of sp³-hybridized carbons (Fsp3) is 0.235. The second kappa shape index (κ2) is 6.53. The summed E-state index contributed by atoms with van der Waals surface area (Å²) in [6.07, 6.45) is 1.42. The van der Waals surface area contributed by atoms with Gasteiger partial charge in [-0.2, -0.15) is 0 Å². The summed E-state index contributed by atoms with van der Waals surface area (Å²) in [6, 6.07) is 7.06. The Balaban J connectivity index is 1.85. The number of benzene rings is 2. The van der Waals surface area contributed by atoms with Crippen molar-refractivity contribution in [3.8, 4) is 0 Å². The molecule has 0 aliphatic heterocycles. The van der Waals surface area contributed by atoms with Gasteiger partial charge in [0.15, 0.2) is 0 Å². The van der Waals surface area contributed by atoms with Gasteiger partial charge in [0.05, 0.1) is 0 Å². The van der Waals surface area contributed by atoms with Crippen molar-refractivity contribution in [2.45, 2.75) is 30.7 Å². The number of sulfonamides is 1. The van der Waals surface area contributed by atoms with Gasteiger partial charge in [-0.3, -0.25) is 4.79 Å². The second-order valence-corrected chi connectivity index (χ2v) is 7.64. The van der Waals surface area contributed by atoms with Crippen LogP contribution in [0.4, 0.5) is 14.5 Å². The number of rotatable bonds is 5. The number of nitrogens with one attached hydrogen (secondary N) is 2. The molecule has 0 atom stereocenters. The Morgan fingerprint density at radius 1 is 1.08 bits per heavy atom. The van der Waals surface area contributed by atoms with Gasteiger partial charge >= 0.3 is 0 Å². The fourth-order valence-corrected chi connectivity index (χ4v) is 3.62. The van der Waals surface area contributed by atoms with E-state index >= 15 is 0 Å². The first-order valence-electron chi connectivity index (χ1n) is 7.65. The predicted octanol–water partition coefficient (Wildman–Crippen LogP) is 2.97. The highest BCUT2D eigenvalue weighted by molar-refractivity contribution is 7.89. The summed E-state index contributed by atoms with van der Waals surface area (Å²) in [7, 11) is -4.03. The van der Waals surface area contributed by atoms with Crippen molar-refractivity contribution in [3.63, 3.8) is 0 Å². The molecule has 2 aromatic rings. The summed E-state index contributed by atoms with van der Waals surface area (Å²) < 4.78 is 54.2. The molecular formula is C17H16F2N2O3S. The number of amides is 1. The molecule has 2 N–H and O–H groups in total. The van der Waals surface area contributed by atoms with Gasteiger partial charge in [-0.15, -0.1) is 0 Å².